The molecule has 0 amide bonds. The molecule has 1 aliphatic rings. The highest BCUT2D eigenvalue weighted by Crippen LogP contribution is 2.46. The predicted molar refractivity (Wildman–Crippen MR) is 99.1 cm³/mol. The maximum atomic E-state index is 12.7. The minimum absolute atomic E-state index is 0.0735. The molecule has 1 saturated carbocycles. The third kappa shape index (κ3) is 4.05. The molecule has 6 nitrogen and oxygen atoms in total. The van der Waals surface area contributed by atoms with E-state index in [0.29, 0.717) is 5.56 Å². The van der Waals surface area contributed by atoms with Crippen LogP contribution in [-0.2, 0) is 29.3 Å². The molecule has 0 aromatic heterocycles. The van der Waals surface area contributed by atoms with Crippen molar-refractivity contribution in [1.82, 2.24) is 0 Å². The van der Waals surface area contributed by atoms with Crippen molar-refractivity contribution in [3.63, 3.8) is 0 Å². The largest absolute Gasteiger partial charge is 0.469 e. The number of carbonyl (C=O) groups excluding carboxylic acids is 3. The molecule has 6 heteroatoms. The van der Waals surface area contributed by atoms with Gasteiger partial charge in [-0.05, 0) is 23.5 Å². The van der Waals surface area contributed by atoms with E-state index in [-0.39, 0.29) is 11.8 Å². The van der Waals surface area contributed by atoms with Gasteiger partial charge in [0.25, 0.3) is 0 Å². The molecule has 1 N–H and O–H groups in total. The third-order valence-corrected chi connectivity index (χ3v) is 5.34. The van der Waals surface area contributed by atoms with Crippen LogP contribution >= 0.6 is 0 Å². The highest BCUT2D eigenvalue weighted by atomic mass is 16.5. The fourth-order valence-electron chi connectivity index (χ4n) is 3.87. The molecule has 1 aromatic rings. The molecular weight excluding hydrogens is 348 g/mol. The van der Waals surface area contributed by atoms with Crippen LogP contribution in [0, 0.1) is 11.8 Å². The van der Waals surface area contributed by atoms with Crippen molar-refractivity contribution in [3.05, 3.63) is 35.4 Å². The standard InChI is InChI=1S/C21H28O6/c1-20(2,3)13-9-7-12(8-10-13)15-16(18(23)26-5)14(22)11-21(4,25)17(15)19(24)27-6/h7-10,15-17,25H,11H2,1-6H3. The first-order valence-electron chi connectivity index (χ1n) is 8.95. The van der Waals surface area contributed by atoms with Gasteiger partial charge < -0.3 is 14.6 Å². The van der Waals surface area contributed by atoms with Crippen molar-refractivity contribution in [2.45, 2.75) is 51.0 Å². The molecule has 0 aliphatic heterocycles. The molecule has 4 unspecified atom stereocenters. The zero-order valence-corrected chi connectivity index (χ0v) is 16.7. The number of esters is 2. The van der Waals surface area contributed by atoms with Crippen molar-refractivity contribution in [1.29, 1.82) is 0 Å². The van der Waals surface area contributed by atoms with E-state index in [1.54, 1.807) is 12.1 Å². The number of benzene rings is 1. The van der Waals surface area contributed by atoms with Gasteiger partial charge in [0.05, 0.1) is 25.7 Å². The van der Waals surface area contributed by atoms with Crippen molar-refractivity contribution in [2.75, 3.05) is 14.2 Å². The Balaban J connectivity index is 2.62. The van der Waals surface area contributed by atoms with E-state index in [9.17, 15) is 19.5 Å². The van der Waals surface area contributed by atoms with Crippen LogP contribution < -0.4 is 0 Å². The van der Waals surface area contributed by atoms with Gasteiger partial charge in [0.1, 0.15) is 5.92 Å². The Kier molecular flexibility index (Phi) is 5.80. The lowest BCUT2D eigenvalue weighted by atomic mass is 9.61. The van der Waals surface area contributed by atoms with Crippen molar-refractivity contribution in [3.8, 4) is 0 Å². The number of methoxy groups -OCH3 is 2. The van der Waals surface area contributed by atoms with Crippen LogP contribution in [0.3, 0.4) is 0 Å². The van der Waals surface area contributed by atoms with Crippen LogP contribution in [0.25, 0.3) is 0 Å². The molecule has 1 aromatic carbocycles. The predicted octanol–water partition coefficient (Wildman–Crippen LogP) is 2.37. The summed E-state index contributed by atoms with van der Waals surface area (Å²) >= 11 is 0. The molecule has 0 radical (unpaired) electrons. The first-order valence-corrected chi connectivity index (χ1v) is 8.95. The van der Waals surface area contributed by atoms with Crippen molar-refractivity contribution < 1.29 is 29.0 Å². The smallest absolute Gasteiger partial charge is 0.316 e. The summed E-state index contributed by atoms with van der Waals surface area (Å²) in [7, 11) is 2.43. The summed E-state index contributed by atoms with van der Waals surface area (Å²) in [6, 6.07) is 7.41. The van der Waals surface area contributed by atoms with E-state index >= 15 is 0 Å². The fourth-order valence-corrected chi connectivity index (χ4v) is 3.87. The molecule has 0 heterocycles. The van der Waals surface area contributed by atoms with Crippen LogP contribution in [0.2, 0.25) is 0 Å². The third-order valence-electron chi connectivity index (χ3n) is 5.34. The summed E-state index contributed by atoms with van der Waals surface area (Å²) in [6.07, 6.45) is -0.316. The number of hydrogen-bond donors (Lipinski definition) is 1. The van der Waals surface area contributed by atoms with Gasteiger partial charge in [-0.25, -0.2) is 0 Å². The second-order valence-corrected chi connectivity index (χ2v) is 8.40. The lowest BCUT2D eigenvalue weighted by Gasteiger charge is -2.43. The van der Waals surface area contributed by atoms with Gasteiger partial charge in [-0.2, -0.15) is 0 Å². The maximum absolute atomic E-state index is 12.7. The van der Waals surface area contributed by atoms with Crippen LogP contribution in [0.5, 0.6) is 0 Å². The number of ketones is 1. The second kappa shape index (κ2) is 7.43. The summed E-state index contributed by atoms with van der Waals surface area (Å²) in [5.41, 5.74) is -0.00988. The Bertz CT molecular complexity index is 726. The van der Waals surface area contributed by atoms with Crippen molar-refractivity contribution in [2.24, 2.45) is 11.8 Å². The van der Waals surface area contributed by atoms with Gasteiger partial charge in [0.2, 0.25) is 0 Å². The monoisotopic (exact) mass is 376 g/mol. The molecule has 2 rings (SSSR count). The van der Waals surface area contributed by atoms with E-state index in [1.165, 1.54) is 21.1 Å². The average molecular weight is 376 g/mol. The van der Waals surface area contributed by atoms with Crippen molar-refractivity contribution >= 4 is 17.7 Å². The lowest BCUT2D eigenvalue weighted by Crippen LogP contribution is -2.55. The quantitative estimate of drug-likeness (QED) is 0.643. The molecular formula is C21H28O6. The van der Waals surface area contributed by atoms with E-state index in [0.717, 1.165) is 5.56 Å². The van der Waals surface area contributed by atoms with Gasteiger partial charge in [0.15, 0.2) is 5.78 Å². The van der Waals surface area contributed by atoms with E-state index in [4.69, 9.17) is 9.47 Å². The maximum Gasteiger partial charge on any atom is 0.316 e. The minimum Gasteiger partial charge on any atom is -0.469 e. The van der Waals surface area contributed by atoms with Gasteiger partial charge in [-0.3, -0.25) is 14.4 Å². The zero-order chi connectivity index (χ0) is 20.6. The number of hydrogen-bond acceptors (Lipinski definition) is 6. The first-order chi connectivity index (χ1) is 12.4. The number of rotatable bonds is 3. The number of aliphatic hydroxyl groups is 1. The highest BCUT2D eigenvalue weighted by Gasteiger charge is 2.56. The topological polar surface area (TPSA) is 89.9 Å². The minimum atomic E-state index is -1.62. The molecule has 4 atom stereocenters. The summed E-state index contributed by atoms with van der Waals surface area (Å²) in [5.74, 6) is -4.92. The molecule has 0 bridgehead atoms. The van der Waals surface area contributed by atoms with Gasteiger partial charge in [-0.15, -0.1) is 0 Å². The Hall–Kier alpha value is -2.21. The molecule has 0 spiro atoms. The fraction of sp³-hybridized carbons (Fsp3) is 0.571. The summed E-state index contributed by atoms with van der Waals surface area (Å²) in [6.45, 7) is 7.65. The SMILES string of the molecule is COC(=O)C1C(=O)CC(C)(O)C(C(=O)OC)C1c1ccc(C(C)(C)C)cc1. The first kappa shape index (κ1) is 21.1. The van der Waals surface area contributed by atoms with E-state index in [1.807, 2.05) is 12.1 Å². The summed E-state index contributed by atoms with van der Waals surface area (Å²) in [4.78, 5) is 37.6. The number of Topliss-reactive ketones (excluding diaryl/α,β-unsaturated/α-hetero) is 1. The van der Waals surface area contributed by atoms with Crippen LogP contribution in [0.15, 0.2) is 24.3 Å². The zero-order valence-electron chi connectivity index (χ0n) is 16.7. The highest BCUT2D eigenvalue weighted by molar-refractivity contribution is 6.02. The molecule has 1 aliphatic carbocycles. The van der Waals surface area contributed by atoms with Gasteiger partial charge >= 0.3 is 11.9 Å². The van der Waals surface area contributed by atoms with Crippen LogP contribution in [-0.4, -0.2) is 42.6 Å². The Morgan fingerprint density at radius 3 is 2.04 bits per heavy atom. The van der Waals surface area contributed by atoms with Crippen LogP contribution in [0.4, 0.5) is 0 Å². The summed E-state index contributed by atoms with van der Waals surface area (Å²) in [5, 5.41) is 10.8. The molecule has 0 saturated heterocycles. The Morgan fingerprint density at radius 2 is 1.59 bits per heavy atom. The van der Waals surface area contributed by atoms with E-state index < -0.39 is 41.1 Å². The Morgan fingerprint density at radius 1 is 1.07 bits per heavy atom. The lowest BCUT2D eigenvalue weighted by molar-refractivity contribution is -0.170. The Labute approximate surface area is 159 Å². The molecule has 27 heavy (non-hydrogen) atoms. The second-order valence-electron chi connectivity index (χ2n) is 8.40. The van der Waals surface area contributed by atoms with Crippen LogP contribution in [0.1, 0.15) is 51.2 Å². The number of ether oxygens (including phenoxy) is 2. The average Bonchev–Trinajstić information content (AvgIpc) is 2.58. The van der Waals surface area contributed by atoms with Gasteiger partial charge in [0, 0.05) is 12.3 Å². The molecule has 148 valence electrons. The molecule has 1 fully saturated rings. The summed E-state index contributed by atoms with van der Waals surface area (Å²) < 4.78 is 9.72. The van der Waals surface area contributed by atoms with Gasteiger partial charge in [-0.1, -0.05) is 45.0 Å². The van der Waals surface area contributed by atoms with E-state index in [2.05, 4.69) is 20.8 Å². The normalized spacial score (nSPS) is 28.6. The number of carbonyl (C=O) groups is 3.